The fourth-order valence-electron chi connectivity index (χ4n) is 5.10. The van der Waals surface area contributed by atoms with E-state index in [1.165, 1.54) is 12.3 Å². The van der Waals surface area contributed by atoms with Gasteiger partial charge in [0.05, 0.1) is 6.04 Å². The standard InChI is InChI=1S/C28H30N4O4/c33-23-14-19-31-26(27(23)35)28(36)30(18-15-24(34)29-16-8-3-9-17-29)20-32(31)25(21-10-4-1-5-11-21)22-12-6-2-7-13-22/h1-2,4-7,10-14,19,25,35H,3,8-9,15-18,20H2. The number of aromatic hydroxyl groups is 1. The molecule has 3 heterocycles. The summed E-state index contributed by atoms with van der Waals surface area (Å²) in [6.07, 6.45) is 4.86. The highest BCUT2D eigenvalue weighted by Gasteiger charge is 2.36. The maximum atomic E-state index is 13.5. The third kappa shape index (κ3) is 4.58. The van der Waals surface area contributed by atoms with Crippen LogP contribution in [0, 0.1) is 0 Å². The number of hydrogen-bond donors (Lipinski definition) is 1. The molecule has 2 aliphatic heterocycles. The van der Waals surface area contributed by atoms with Gasteiger partial charge in [0.1, 0.15) is 6.67 Å². The molecule has 8 nitrogen and oxygen atoms in total. The Morgan fingerprint density at radius 1 is 0.861 bits per heavy atom. The molecule has 2 amide bonds. The molecule has 8 heteroatoms. The molecule has 1 fully saturated rings. The molecular weight excluding hydrogens is 456 g/mol. The third-order valence-electron chi connectivity index (χ3n) is 6.97. The van der Waals surface area contributed by atoms with Gasteiger partial charge in [-0.3, -0.25) is 24.1 Å². The van der Waals surface area contributed by atoms with Crippen LogP contribution in [0.1, 0.15) is 53.3 Å². The molecule has 0 aliphatic carbocycles. The first-order valence-electron chi connectivity index (χ1n) is 12.4. The Labute approximate surface area is 210 Å². The number of likely N-dealkylation sites (tertiary alicyclic amines) is 1. The van der Waals surface area contributed by atoms with Gasteiger partial charge in [0.25, 0.3) is 5.91 Å². The molecular formula is C28H30N4O4. The molecule has 0 unspecified atom stereocenters. The molecule has 0 atom stereocenters. The maximum Gasteiger partial charge on any atom is 0.277 e. The van der Waals surface area contributed by atoms with E-state index in [-0.39, 0.29) is 37.3 Å². The van der Waals surface area contributed by atoms with Crippen LogP contribution in [0.5, 0.6) is 5.75 Å². The molecule has 186 valence electrons. The zero-order chi connectivity index (χ0) is 25.1. The Hall–Kier alpha value is -4.07. The summed E-state index contributed by atoms with van der Waals surface area (Å²) in [6, 6.07) is 20.7. The lowest BCUT2D eigenvalue weighted by atomic mass is 9.98. The lowest BCUT2D eigenvalue weighted by Crippen LogP contribution is -2.56. The zero-order valence-electron chi connectivity index (χ0n) is 20.1. The van der Waals surface area contributed by atoms with Crippen molar-refractivity contribution in [3.8, 4) is 5.75 Å². The van der Waals surface area contributed by atoms with Crippen LogP contribution in [0.25, 0.3) is 0 Å². The van der Waals surface area contributed by atoms with Crippen LogP contribution >= 0.6 is 0 Å². The molecule has 0 saturated carbocycles. The number of pyridine rings is 1. The number of carbonyl (C=O) groups excluding carboxylic acids is 2. The number of benzene rings is 2. The first-order chi connectivity index (χ1) is 17.5. The highest BCUT2D eigenvalue weighted by molar-refractivity contribution is 5.96. The van der Waals surface area contributed by atoms with Gasteiger partial charge < -0.3 is 14.9 Å². The van der Waals surface area contributed by atoms with Crippen LogP contribution in [0.15, 0.2) is 77.7 Å². The van der Waals surface area contributed by atoms with Crippen molar-refractivity contribution in [1.82, 2.24) is 14.5 Å². The number of piperidine rings is 1. The van der Waals surface area contributed by atoms with Gasteiger partial charge in [0.15, 0.2) is 11.4 Å². The second-order valence-electron chi connectivity index (χ2n) is 9.29. The molecule has 1 N–H and O–H groups in total. The van der Waals surface area contributed by atoms with Crippen LogP contribution in [0.2, 0.25) is 0 Å². The fraction of sp³-hybridized carbons (Fsp3) is 0.321. The SMILES string of the molecule is O=C(CCN1CN(C(c2ccccc2)c2ccccc2)n2ccc(=O)c(O)c2C1=O)N1CCCCC1. The van der Waals surface area contributed by atoms with Gasteiger partial charge >= 0.3 is 0 Å². The van der Waals surface area contributed by atoms with E-state index in [0.717, 1.165) is 43.5 Å². The molecule has 3 aromatic rings. The Kier molecular flexibility index (Phi) is 6.75. The first-order valence-corrected chi connectivity index (χ1v) is 12.4. The van der Waals surface area contributed by atoms with Crippen molar-refractivity contribution < 1.29 is 14.7 Å². The zero-order valence-corrected chi connectivity index (χ0v) is 20.1. The number of rotatable bonds is 6. The van der Waals surface area contributed by atoms with E-state index in [1.54, 1.807) is 9.58 Å². The summed E-state index contributed by atoms with van der Waals surface area (Å²) in [7, 11) is 0. The minimum absolute atomic E-state index is 0.0250. The summed E-state index contributed by atoms with van der Waals surface area (Å²) in [5.74, 6) is -1.02. The van der Waals surface area contributed by atoms with Crippen LogP contribution in [-0.4, -0.2) is 57.7 Å². The predicted octanol–water partition coefficient (Wildman–Crippen LogP) is 3.10. The molecule has 0 spiro atoms. The predicted molar refractivity (Wildman–Crippen MR) is 136 cm³/mol. The van der Waals surface area contributed by atoms with E-state index in [9.17, 15) is 19.5 Å². The summed E-state index contributed by atoms with van der Waals surface area (Å²) in [4.78, 5) is 42.0. The first kappa shape index (κ1) is 23.7. The average Bonchev–Trinajstić information content (AvgIpc) is 2.92. The van der Waals surface area contributed by atoms with Crippen molar-refractivity contribution in [2.24, 2.45) is 0 Å². The van der Waals surface area contributed by atoms with Gasteiger partial charge in [-0.2, -0.15) is 0 Å². The highest BCUT2D eigenvalue weighted by Crippen LogP contribution is 2.32. The van der Waals surface area contributed by atoms with Crippen LogP contribution < -0.4 is 10.4 Å². The largest absolute Gasteiger partial charge is 0.502 e. The number of nitrogens with zero attached hydrogens (tertiary/aromatic N) is 4. The van der Waals surface area contributed by atoms with Crippen molar-refractivity contribution >= 4 is 11.8 Å². The lowest BCUT2D eigenvalue weighted by molar-refractivity contribution is -0.132. The molecule has 36 heavy (non-hydrogen) atoms. The molecule has 2 aliphatic rings. The maximum absolute atomic E-state index is 13.5. The van der Waals surface area contributed by atoms with Crippen molar-refractivity contribution in [3.63, 3.8) is 0 Å². The van der Waals surface area contributed by atoms with Crippen molar-refractivity contribution in [2.45, 2.75) is 31.7 Å². The average molecular weight is 487 g/mol. The molecule has 0 bridgehead atoms. The Balaban J connectivity index is 1.53. The van der Waals surface area contributed by atoms with Crippen LogP contribution in [-0.2, 0) is 4.79 Å². The summed E-state index contributed by atoms with van der Waals surface area (Å²) in [6.45, 7) is 1.89. The van der Waals surface area contributed by atoms with Crippen molar-refractivity contribution in [1.29, 1.82) is 0 Å². The Morgan fingerprint density at radius 3 is 2.08 bits per heavy atom. The smallest absolute Gasteiger partial charge is 0.277 e. The third-order valence-corrected chi connectivity index (χ3v) is 6.97. The van der Waals surface area contributed by atoms with E-state index >= 15 is 0 Å². The van der Waals surface area contributed by atoms with Crippen LogP contribution in [0.4, 0.5) is 0 Å². The molecule has 0 radical (unpaired) electrons. The number of amides is 2. The van der Waals surface area contributed by atoms with Crippen molar-refractivity contribution in [3.05, 3.63) is 100.0 Å². The van der Waals surface area contributed by atoms with E-state index in [4.69, 9.17) is 0 Å². The van der Waals surface area contributed by atoms with Gasteiger partial charge in [-0.25, -0.2) is 0 Å². The van der Waals surface area contributed by atoms with Gasteiger partial charge in [-0.1, -0.05) is 60.7 Å². The van der Waals surface area contributed by atoms with Gasteiger partial charge in [0, 0.05) is 38.3 Å². The fourth-order valence-corrected chi connectivity index (χ4v) is 5.10. The van der Waals surface area contributed by atoms with E-state index in [2.05, 4.69) is 0 Å². The van der Waals surface area contributed by atoms with Crippen molar-refractivity contribution in [2.75, 3.05) is 31.3 Å². The monoisotopic (exact) mass is 486 g/mol. The minimum Gasteiger partial charge on any atom is -0.502 e. The minimum atomic E-state index is -0.614. The number of aromatic nitrogens is 1. The molecule has 5 rings (SSSR count). The molecule has 2 aromatic carbocycles. The molecule has 1 saturated heterocycles. The summed E-state index contributed by atoms with van der Waals surface area (Å²) < 4.78 is 1.58. The number of fused-ring (bicyclic) bond motifs is 1. The van der Waals surface area contributed by atoms with Gasteiger partial charge in [-0.05, 0) is 30.4 Å². The van der Waals surface area contributed by atoms with E-state index < -0.39 is 17.1 Å². The quantitative estimate of drug-likeness (QED) is 0.579. The second kappa shape index (κ2) is 10.3. The number of hydrogen-bond acceptors (Lipinski definition) is 5. The summed E-state index contributed by atoms with van der Waals surface area (Å²) in [5, 5.41) is 12.6. The van der Waals surface area contributed by atoms with Gasteiger partial charge in [-0.15, -0.1) is 0 Å². The highest BCUT2D eigenvalue weighted by atomic mass is 16.3. The molecule has 1 aromatic heterocycles. The van der Waals surface area contributed by atoms with Crippen LogP contribution in [0.3, 0.4) is 0 Å². The Bertz CT molecular complexity index is 1250. The topological polar surface area (TPSA) is 86.1 Å². The van der Waals surface area contributed by atoms with E-state index in [0.29, 0.717) is 0 Å². The summed E-state index contributed by atoms with van der Waals surface area (Å²) >= 11 is 0. The second-order valence-corrected chi connectivity index (χ2v) is 9.29. The van der Waals surface area contributed by atoms with E-state index in [1.807, 2.05) is 70.6 Å². The number of carbonyl (C=O) groups is 2. The lowest BCUT2D eigenvalue weighted by Gasteiger charge is -2.44. The van der Waals surface area contributed by atoms with Gasteiger partial charge in [0.2, 0.25) is 11.3 Å². The Morgan fingerprint density at radius 2 is 1.47 bits per heavy atom. The normalized spacial score (nSPS) is 15.8. The summed E-state index contributed by atoms with van der Waals surface area (Å²) in [5.41, 5.74) is 1.28.